The molecule has 2 amide bonds. The second-order valence-electron chi connectivity index (χ2n) is 6.93. The summed E-state index contributed by atoms with van der Waals surface area (Å²) < 4.78 is 0. The molecule has 5 nitrogen and oxygen atoms in total. The first-order chi connectivity index (χ1) is 14.0. The molecule has 0 spiro atoms. The molecular weight excluding hydrogens is 364 g/mol. The van der Waals surface area contributed by atoms with E-state index in [1.165, 1.54) is 0 Å². The molecule has 0 fully saturated rings. The Kier molecular flexibility index (Phi) is 8.96. The summed E-state index contributed by atoms with van der Waals surface area (Å²) in [5.41, 5.74) is 3.72. The van der Waals surface area contributed by atoms with E-state index in [9.17, 15) is 9.59 Å². The fraction of sp³-hybridized carbons (Fsp3) is 0.333. The fourth-order valence-electron chi connectivity index (χ4n) is 3.04. The van der Waals surface area contributed by atoms with Crippen molar-refractivity contribution in [2.75, 3.05) is 18.0 Å². The van der Waals surface area contributed by atoms with Crippen molar-refractivity contribution in [3.63, 3.8) is 0 Å². The smallest absolute Gasteiger partial charge is 0.328 e. The van der Waals surface area contributed by atoms with Crippen LogP contribution in [-0.4, -0.2) is 30.2 Å². The number of amides is 2. The molecule has 0 aliphatic carbocycles. The van der Waals surface area contributed by atoms with Gasteiger partial charge in [-0.3, -0.25) is 4.90 Å². The van der Waals surface area contributed by atoms with Gasteiger partial charge in [0.1, 0.15) is 0 Å². The quantitative estimate of drug-likeness (QED) is 0.409. The summed E-state index contributed by atoms with van der Waals surface area (Å²) in [6.45, 7) is 5.55. The predicted molar refractivity (Wildman–Crippen MR) is 119 cm³/mol. The Bertz CT molecular complexity index is 828. The number of urea groups is 1. The highest BCUT2D eigenvalue weighted by Crippen LogP contribution is 2.25. The second kappa shape index (κ2) is 11.7. The number of carbonyl (C=O) groups excluding carboxylic acids is 1. The molecule has 0 bridgehead atoms. The van der Waals surface area contributed by atoms with Crippen LogP contribution in [0.2, 0.25) is 0 Å². The van der Waals surface area contributed by atoms with Crippen molar-refractivity contribution in [1.29, 1.82) is 0 Å². The first-order valence-electron chi connectivity index (χ1n) is 10.2. The van der Waals surface area contributed by atoms with Gasteiger partial charge in [0.15, 0.2) is 0 Å². The van der Waals surface area contributed by atoms with Crippen molar-refractivity contribution in [3.05, 3.63) is 60.2 Å². The molecule has 0 aliphatic rings. The van der Waals surface area contributed by atoms with Crippen LogP contribution in [0.1, 0.15) is 45.1 Å². The number of unbranched alkanes of at least 4 members (excludes halogenated alkanes) is 2. The summed E-state index contributed by atoms with van der Waals surface area (Å²) >= 11 is 0. The lowest BCUT2D eigenvalue weighted by molar-refractivity contribution is -0.131. The van der Waals surface area contributed by atoms with Gasteiger partial charge in [-0.05, 0) is 47.7 Å². The lowest BCUT2D eigenvalue weighted by atomic mass is 10.0. The molecule has 2 N–H and O–H groups in total. The lowest BCUT2D eigenvalue weighted by Crippen LogP contribution is -2.41. The second-order valence-corrected chi connectivity index (χ2v) is 6.93. The van der Waals surface area contributed by atoms with E-state index in [1.807, 2.05) is 48.5 Å². The number of anilines is 1. The van der Waals surface area contributed by atoms with Gasteiger partial charge in [0.25, 0.3) is 0 Å². The number of nitrogens with zero attached hydrogens (tertiary/aromatic N) is 1. The molecule has 0 heterocycles. The Hall–Kier alpha value is -3.08. The van der Waals surface area contributed by atoms with E-state index in [0.29, 0.717) is 13.1 Å². The summed E-state index contributed by atoms with van der Waals surface area (Å²) in [6, 6.07) is 15.5. The van der Waals surface area contributed by atoms with Crippen molar-refractivity contribution >= 4 is 23.8 Å². The summed E-state index contributed by atoms with van der Waals surface area (Å²) in [5.74, 6) is -0.967. The van der Waals surface area contributed by atoms with Gasteiger partial charge in [-0.1, -0.05) is 63.1 Å². The molecule has 2 rings (SSSR count). The Balaban J connectivity index is 2.16. The number of hydrogen-bond acceptors (Lipinski definition) is 2. The van der Waals surface area contributed by atoms with Crippen LogP contribution in [0.25, 0.3) is 17.2 Å². The van der Waals surface area contributed by atoms with E-state index in [1.54, 1.807) is 11.0 Å². The summed E-state index contributed by atoms with van der Waals surface area (Å²) in [7, 11) is 0. The average molecular weight is 395 g/mol. The number of carboxylic acids is 1. The van der Waals surface area contributed by atoms with Crippen LogP contribution in [0.5, 0.6) is 0 Å². The number of benzene rings is 2. The van der Waals surface area contributed by atoms with E-state index < -0.39 is 5.97 Å². The summed E-state index contributed by atoms with van der Waals surface area (Å²) in [5, 5.41) is 11.8. The van der Waals surface area contributed by atoms with Crippen molar-refractivity contribution in [2.24, 2.45) is 0 Å². The topological polar surface area (TPSA) is 69.6 Å². The minimum absolute atomic E-state index is 0.0609. The summed E-state index contributed by atoms with van der Waals surface area (Å²) in [6.07, 6.45) is 6.79. The zero-order valence-electron chi connectivity index (χ0n) is 17.2. The molecule has 0 radical (unpaired) electrons. The molecule has 0 aliphatic heterocycles. The Morgan fingerprint density at radius 1 is 1.00 bits per heavy atom. The Labute approximate surface area is 173 Å². The maximum Gasteiger partial charge on any atom is 0.328 e. The zero-order chi connectivity index (χ0) is 21.1. The van der Waals surface area contributed by atoms with E-state index in [-0.39, 0.29) is 6.03 Å². The van der Waals surface area contributed by atoms with E-state index >= 15 is 0 Å². The molecular formula is C24H30N2O3. The van der Waals surface area contributed by atoms with Crippen molar-refractivity contribution in [3.8, 4) is 11.1 Å². The molecule has 0 atom stereocenters. The first-order valence-corrected chi connectivity index (χ1v) is 10.2. The third-order valence-corrected chi connectivity index (χ3v) is 4.57. The summed E-state index contributed by atoms with van der Waals surface area (Å²) in [4.78, 5) is 25.1. The zero-order valence-corrected chi connectivity index (χ0v) is 17.2. The van der Waals surface area contributed by atoms with E-state index in [2.05, 4.69) is 19.2 Å². The maximum atomic E-state index is 12.7. The third-order valence-electron chi connectivity index (χ3n) is 4.57. The van der Waals surface area contributed by atoms with Gasteiger partial charge in [0, 0.05) is 24.9 Å². The standard InChI is InChI=1S/C24H30N2O3/c1-3-5-6-16-25-24(29)26(17-4-2)22-9-7-8-21(18-22)20-13-10-19(11-14-20)12-15-23(27)28/h7-15,18H,3-6,16-17H2,1-2H3,(H,25,29)(H,27,28)/b15-12+. The maximum absolute atomic E-state index is 12.7. The van der Waals surface area contributed by atoms with Crippen LogP contribution >= 0.6 is 0 Å². The Morgan fingerprint density at radius 3 is 2.41 bits per heavy atom. The van der Waals surface area contributed by atoms with Crippen LogP contribution in [0.15, 0.2) is 54.6 Å². The highest BCUT2D eigenvalue weighted by atomic mass is 16.4. The van der Waals surface area contributed by atoms with Crippen LogP contribution in [0.3, 0.4) is 0 Å². The number of hydrogen-bond donors (Lipinski definition) is 2. The largest absolute Gasteiger partial charge is 0.478 e. The molecule has 0 saturated carbocycles. The number of carboxylic acid groups (broad SMARTS) is 1. The molecule has 0 saturated heterocycles. The highest BCUT2D eigenvalue weighted by molar-refractivity contribution is 5.92. The van der Waals surface area contributed by atoms with Gasteiger partial charge in [0.05, 0.1) is 0 Å². The number of nitrogens with one attached hydrogen (secondary N) is 1. The molecule has 29 heavy (non-hydrogen) atoms. The van der Waals surface area contributed by atoms with Gasteiger partial charge in [-0.15, -0.1) is 0 Å². The van der Waals surface area contributed by atoms with Crippen LogP contribution in [0, 0.1) is 0 Å². The minimum Gasteiger partial charge on any atom is -0.478 e. The molecule has 5 heteroatoms. The normalized spacial score (nSPS) is 10.8. The van der Waals surface area contributed by atoms with Gasteiger partial charge >= 0.3 is 12.0 Å². The third kappa shape index (κ3) is 7.11. The molecule has 0 unspecified atom stereocenters. The lowest BCUT2D eigenvalue weighted by Gasteiger charge is -2.23. The molecule has 0 aromatic heterocycles. The average Bonchev–Trinajstić information content (AvgIpc) is 2.74. The predicted octanol–water partition coefficient (Wildman–Crippen LogP) is 5.57. The number of carbonyl (C=O) groups is 2. The molecule has 154 valence electrons. The highest BCUT2D eigenvalue weighted by Gasteiger charge is 2.15. The van der Waals surface area contributed by atoms with Crippen molar-refractivity contribution in [2.45, 2.75) is 39.5 Å². The van der Waals surface area contributed by atoms with Crippen LogP contribution in [-0.2, 0) is 4.79 Å². The SMILES string of the molecule is CCCCCNC(=O)N(CCC)c1cccc(-c2ccc(/C=C/C(=O)O)cc2)c1. The van der Waals surface area contributed by atoms with Gasteiger partial charge < -0.3 is 10.4 Å². The fourth-order valence-corrected chi connectivity index (χ4v) is 3.04. The van der Waals surface area contributed by atoms with Gasteiger partial charge in [-0.25, -0.2) is 9.59 Å². The monoisotopic (exact) mass is 394 g/mol. The minimum atomic E-state index is -0.967. The van der Waals surface area contributed by atoms with E-state index in [0.717, 1.165) is 54.1 Å². The van der Waals surface area contributed by atoms with Crippen LogP contribution in [0.4, 0.5) is 10.5 Å². The van der Waals surface area contributed by atoms with E-state index in [4.69, 9.17) is 5.11 Å². The number of aliphatic carboxylic acids is 1. The first kappa shape index (κ1) is 22.2. The number of rotatable bonds is 10. The molecule has 2 aromatic rings. The molecule has 2 aromatic carbocycles. The van der Waals surface area contributed by atoms with Gasteiger partial charge in [0.2, 0.25) is 0 Å². The van der Waals surface area contributed by atoms with Gasteiger partial charge in [-0.2, -0.15) is 0 Å². The van der Waals surface area contributed by atoms with Crippen molar-refractivity contribution in [1.82, 2.24) is 5.32 Å². The van der Waals surface area contributed by atoms with Crippen LogP contribution < -0.4 is 10.2 Å². The van der Waals surface area contributed by atoms with Crippen molar-refractivity contribution < 1.29 is 14.7 Å². The Morgan fingerprint density at radius 2 is 1.76 bits per heavy atom.